The number of carbonyl (C=O) groups is 1. The number of nitrogens with zero attached hydrogens (tertiary/aromatic N) is 2. The third kappa shape index (κ3) is 5.73. The van der Waals surface area contributed by atoms with E-state index in [9.17, 15) is 18.3 Å². The highest BCUT2D eigenvalue weighted by atomic mass is 32.2. The van der Waals surface area contributed by atoms with E-state index in [0.29, 0.717) is 59.7 Å². The number of rotatable bonds is 11. The molecule has 0 spiro atoms. The smallest absolute Gasteiger partial charge is 0.303 e. The number of sulfone groups is 1. The zero-order valence-corrected chi connectivity index (χ0v) is 23.8. The number of aliphatic carboxylic acids is 1. The zero-order chi connectivity index (χ0) is 27.9. The Balaban J connectivity index is 1.12. The molecular weight excluding hydrogens is 532 g/mol. The van der Waals surface area contributed by atoms with E-state index < -0.39 is 15.8 Å². The summed E-state index contributed by atoms with van der Waals surface area (Å²) in [5.41, 5.74) is 1.60. The van der Waals surface area contributed by atoms with Gasteiger partial charge in [-0.15, -0.1) is 0 Å². The van der Waals surface area contributed by atoms with Crippen LogP contribution in [-0.2, 0) is 14.6 Å². The number of fused-ring (bicyclic) bond motifs is 1. The number of methoxy groups -OCH3 is 1. The number of pyridine rings is 1. The number of hydrogen-bond donors (Lipinski definition) is 1. The fraction of sp³-hybridized carbons (Fsp3) is 0.600. The standard InChI is InChI=1S/C30H38N2O7S/c1-37-23-6-7-27(40(35,36)30(20-2-3-20)21-4-5-21)25(15-23)32-11-8-19(9-12-32)18-39-28-16-24-22(14-29(33)34)10-13-38-26(24)17-31-28/h6-7,15-17,19-22,30H,2-5,8-14,18H2,1H3,(H,33,34). The van der Waals surface area contributed by atoms with Gasteiger partial charge in [-0.2, -0.15) is 0 Å². The largest absolute Gasteiger partial charge is 0.497 e. The molecule has 0 radical (unpaired) electrons. The van der Waals surface area contributed by atoms with Crippen LogP contribution in [0.5, 0.6) is 17.4 Å². The summed E-state index contributed by atoms with van der Waals surface area (Å²) in [6.07, 6.45) is 8.14. The first-order valence-electron chi connectivity index (χ1n) is 14.5. The molecule has 2 aliphatic heterocycles. The summed E-state index contributed by atoms with van der Waals surface area (Å²) in [6, 6.07) is 7.22. The van der Waals surface area contributed by atoms with Crippen LogP contribution >= 0.6 is 0 Å². The Bertz CT molecular complexity index is 1340. The lowest BCUT2D eigenvalue weighted by atomic mass is 9.91. The van der Waals surface area contributed by atoms with Crippen molar-refractivity contribution < 1.29 is 32.5 Å². The first-order chi connectivity index (χ1) is 19.3. The van der Waals surface area contributed by atoms with Crippen molar-refractivity contribution in [3.63, 3.8) is 0 Å². The van der Waals surface area contributed by atoms with Crippen LogP contribution in [0, 0.1) is 17.8 Å². The van der Waals surface area contributed by atoms with Crippen LogP contribution < -0.4 is 19.1 Å². The Morgan fingerprint density at radius 3 is 2.48 bits per heavy atom. The fourth-order valence-corrected chi connectivity index (χ4v) is 8.98. The van der Waals surface area contributed by atoms with Crippen molar-refractivity contribution in [2.24, 2.45) is 17.8 Å². The highest BCUT2D eigenvalue weighted by molar-refractivity contribution is 7.92. The van der Waals surface area contributed by atoms with Crippen LogP contribution in [0.3, 0.4) is 0 Å². The molecule has 1 aromatic heterocycles. The minimum absolute atomic E-state index is 0.0578. The minimum atomic E-state index is -3.44. The van der Waals surface area contributed by atoms with Gasteiger partial charge in [0.1, 0.15) is 11.5 Å². The number of ether oxygens (including phenoxy) is 3. The highest BCUT2D eigenvalue weighted by Crippen LogP contribution is 2.51. The Morgan fingerprint density at radius 1 is 1.10 bits per heavy atom. The Morgan fingerprint density at radius 2 is 1.82 bits per heavy atom. The lowest BCUT2D eigenvalue weighted by Crippen LogP contribution is -2.37. The third-order valence-corrected chi connectivity index (χ3v) is 11.3. The number of benzene rings is 1. The molecule has 1 atom stereocenters. The van der Waals surface area contributed by atoms with Gasteiger partial charge < -0.3 is 24.2 Å². The summed E-state index contributed by atoms with van der Waals surface area (Å²) in [5, 5.41) is 9.02. The topological polar surface area (TPSA) is 115 Å². The molecule has 3 fully saturated rings. The van der Waals surface area contributed by atoms with Gasteiger partial charge in [0.2, 0.25) is 5.88 Å². The molecule has 0 bridgehead atoms. The van der Waals surface area contributed by atoms with Crippen molar-refractivity contribution in [2.75, 3.05) is 38.3 Å². The molecule has 1 saturated heterocycles. The van der Waals surface area contributed by atoms with E-state index >= 15 is 0 Å². The molecular formula is C30H38N2O7S. The van der Waals surface area contributed by atoms with Crippen LogP contribution in [0.15, 0.2) is 35.4 Å². The maximum absolute atomic E-state index is 13.9. The second-order valence-corrected chi connectivity index (χ2v) is 13.8. The predicted octanol–water partition coefficient (Wildman–Crippen LogP) is 4.69. The SMILES string of the molecule is COc1ccc(S(=O)(=O)C(C2CC2)C2CC2)c(N2CCC(COc3cc4c(cn3)OCCC4CC(=O)O)CC2)c1. The highest BCUT2D eigenvalue weighted by Gasteiger charge is 2.50. The number of carboxylic acid groups (broad SMARTS) is 1. The fourth-order valence-electron chi connectivity index (χ4n) is 6.39. The second-order valence-electron chi connectivity index (χ2n) is 11.8. The predicted molar refractivity (Wildman–Crippen MR) is 149 cm³/mol. The van der Waals surface area contributed by atoms with Gasteiger partial charge in [0, 0.05) is 36.7 Å². The number of aromatic nitrogens is 1. The lowest BCUT2D eigenvalue weighted by molar-refractivity contribution is -0.137. The summed E-state index contributed by atoms with van der Waals surface area (Å²) < 4.78 is 45.1. The van der Waals surface area contributed by atoms with Gasteiger partial charge in [-0.1, -0.05) is 0 Å². The average molecular weight is 571 g/mol. The van der Waals surface area contributed by atoms with Gasteiger partial charge in [0.05, 0.1) is 48.8 Å². The van der Waals surface area contributed by atoms with Gasteiger partial charge in [-0.3, -0.25) is 4.79 Å². The van der Waals surface area contributed by atoms with Crippen LogP contribution in [0.2, 0.25) is 0 Å². The molecule has 9 nitrogen and oxygen atoms in total. The molecule has 216 valence electrons. The lowest BCUT2D eigenvalue weighted by Gasteiger charge is -2.35. The minimum Gasteiger partial charge on any atom is -0.497 e. The van der Waals surface area contributed by atoms with E-state index in [1.807, 2.05) is 12.1 Å². The molecule has 6 rings (SSSR count). The van der Waals surface area contributed by atoms with Crippen molar-refractivity contribution in [3.8, 4) is 17.4 Å². The first-order valence-corrected chi connectivity index (χ1v) is 16.0. The van der Waals surface area contributed by atoms with E-state index in [1.165, 1.54) is 0 Å². The summed E-state index contributed by atoms with van der Waals surface area (Å²) >= 11 is 0. The molecule has 3 heterocycles. The molecule has 1 aromatic carbocycles. The summed E-state index contributed by atoms with van der Waals surface area (Å²) in [5.74, 6) is 1.75. The van der Waals surface area contributed by atoms with E-state index in [4.69, 9.17) is 14.2 Å². The summed E-state index contributed by atoms with van der Waals surface area (Å²) in [4.78, 5) is 18.3. The van der Waals surface area contributed by atoms with Crippen LogP contribution in [0.1, 0.15) is 62.8 Å². The number of hydrogen-bond acceptors (Lipinski definition) is 8. The van der Waals surface area contributed by atoms with Gasteiger partial charge in [0.25, 0.3) is 0 Å². The van der Waals surface area contributed by atoms with E-state index in [0.717, 1.165) is 62.9 Å². The molecule has 10 heteroatoms. The van der Waals surface area contributed by atoms with Crippen LogP contribution in [0.25, 0.3) is 0 Å². The maximum Gasteiger partial charge on any atom is 0.303 e. The molecule has 1 N–H and O–H groups in total. The number of piperidine rings is 1. The van der Waals surface area contributed by atoms with Crippen molar-refractivity contribution in [2.45, 2.75) is 67.4 Å². The number of carboxylic acids is 1. The molecule has 4 aliphatic rings. The molecule has 2 saturated carbocycles. The average Bonchev–Trinajstić information content (AvgIpc) is 3.89. The monoisotopic (exact) mass is 570 g/mol. The van der Waals surface area contributed by atoms with Gasteiger partial charge in [-0.05, 0) is 74.8 Å². The normalized spacial score (nSPS) is 21.6. The summed E-state index contributed by atoms with van der Waals surface area (Å²) in [7, 11) is -1.83. The third-order valence-electron chi connectivity index (χ3n) is 8.88. The summed E-state index contributed by atoms with van der Waals surface area (Å²) in [6.45, 7) is 2.45. The second kappa shape index (κ2) is 11.1. The van der Waals surface area contributed by atoms with Crippen molar-refractivity contribution in [1.29, 1.82) is 0 Å². The van der Waals surface area contributed by atoms with E-state index in [1.54, 1.807) is 25.4 Å². The van der Waals surface area contributed by atoms with Crippen molar-refractivity contribution in [3.05, 3.63) is 36.0 Å². The molecule has 2 aliphatic carbocycles. The molecule has 2 aromatic rings. The van der Waals surface area contributed by atoms with Crippen LogP contribution in [0.4, 0.5) is 5.69 Å². The maximum atomic E-state index is 13.9. The van der Waals surface area contributed by atoms with Crippen molar-refractivity contribution >= 4 is 21.5 Å². The number of anilines is 1. The van der Waals surface area contributed by atoms with Gasteiger partial charge >= 0.3 is 5.97 Å². The Kier molecular flexibility index (Phi) is 7.54. The van der Waals surface area contributed by atoms with Gasteiger partial charge in [0.15, 0.2) is 9.84 Å². The molecule has 40 heavy (non-hydrogen) atoms. The Hall–Kier alpha value is -3.01. The molecule has 1 unspecified atom stereocenters. The van der Waals surface area contributed by atoms with Crippen molar-refractivity contribution in [1.82, 2.24) is 4.98 Å². The van der Waals surface area contributed by atoms with Gasteiger partial charge in [-0.25, -0.2) is 13.4 Å². The van der Waals surface area contributed by atoms with Crippen LogP contribution in [-0.4, -0.2) is 63.1 Å². The zero-order valence-electron chi connectivity index (χ0n) is 23.0. The van der Waals surface area contributed by atoms with E-state index in [-0.39, 0.29) is 17.6 Å². The quantitative estimate of drug-likeness (QED) is 0.411. The Labute approximate surface area is 235 Å². The van der Waals surface area contributed by atoms with E-state index in [2.05, 4.69) is 9.88 Å². The molecule has 0 amide bonds. The first kappa shape index (κ1) is 27.2.